The van der Waals surface area contributed by atoms with Gasteiger partial charge in [-0.25, -0.2) is 9.59 Å². The molecule has 0 aromatic carbocycles. The molecule has 2 N–H and O–H groups in total. The number of hydrogen-bond donors (Lipinski definition) is 2. The molecule has 11 heavy (non-hydrogen) atoms. The predicted octanol–water partition coefficient (Wildman–Crippen LogP) is 0.512. The Morgan fingerprint density at radius 1 is 1.00 bits per heavy atom. The molecule has 0 heterocycles. The second kappa shape index (κ2) is 11.7. The van der Waals surface area contributed by atoms with Gasteiger partial charge in [0.05, 0.1) is 0 Å². The molecular formula is C6H8MnO4. The molecule has 0 amide bonds. The molecule has 4 nitrogen and oxygen atoms in total. The third kappa shape index (κ3) is 49.8. The van der Waals surface area contributed by atoms with E-state index in [1.54, 1.807) is 0 Å². The van der Waals surface area contributed by atoms with Crippen LogP contribution in [0.5, 0.6) is 0 Å². The van der Waals surface area contributed by atoms with Crippen molar-refractivity contribution in [2.75, 3.05) is 0 Å². The summed E-state index contributed by atoms with van der Waals surface area (Å²) in [6, 6.07) is 0. The van der Waals surface area contributed by atoms with Crippen molar-refractivity contribution >= 4 is 11.9 Å². The van der Waals surface area contributed by atoms with Gasteiger partial charge in [-0.05, 0) is 0 Å². The van der Waals surface area contributed by atoms with E-state index in [0.29, 0.717) is 0 Å². The maximum absolute atomic E-state index is 9.25. The van der Waals surface area contributed by atoms with Crippen molar-refractivity contribution < 1.29 is 36.9 Å². The molecule has 1 radical (unpaired) electrons. The number of carboxylic acids is 2. The molecule has 0 saturated carbocycles. The largest absolute Gasteiger partial charge is 0.478 e. The monoisotopic (exact) mass is 199 g/mol. The Bertz CT molecular complexity index is 135. The van der Waals surface area contributed by atoms with Crippen LogP contribution in [0.15, 0.2) is 25.3 Å². The van der Waals surface area contributed by atoms with Gasteiger partial charge in [0.1, 0.15) is 0 Å². The second-order valence-corrected chi connectivity index (χ2v) is 1.08. The van der Waals surface area contributed by atoms with Gasteiger partial charge in [0.25, 0.3) is 0 Å². The summed E-state index contributed by atoms with van der Waals surface area (Å²) in [7, 11) is 0. The first-order valence-corrected chi connectivity index (χ1v) is 2.25. The summed E-state index contributed by atoms with van der Waals surface area (Å²) in [5, 5.41) is 15.2. The van der Waals surface area contributed by atoms with E-state index in [1.165, 1.54) is 0 Å². The molecule has 0 saturated heterocycles. The van der Waals surface area contributed by atoms with E-state index in [1.807, 2.05) is 0 Å². The van der Waals surface area contributed by atoms with Crippen LogP contribution in [-0.4, -0.2) is 22.2 Å². The zero-order valence-corrected chi connectivity index (χ0v) is 6.84. The molecule has 0 bridgehead atoms. The summed E-state index contributed by atoms with van der Waals surface area (Å²) < 4.78 is 0. The number of hydrogen-bond acceptors (Lipinski definition) is 2. The first kappa shape index (κ1) is 16.5. The standard InChI is InChI=1S/2C3H4O2.Mn/c2*1-2-3(4)5;/h2*2H,1H2,(H,4,5);. The maximum atomic E-state index is 9.25. The third-order valence-electron chi connectivity index (χ3n) is 0.349. The second-order valence-electron chi connectivity index (χ2n) is 1.08. The van der Waals surface area contributed by atoms with Crippen molar-refractivity contribution in [3.05, 3.63) is 25.3 Å². The topological polar surface area (TPSA) is 74.6 Å². The molecule has 0 aromatic rings. The van der Waals surface area contributed by atoms with Crippen LogP contribution in [0.4, 0.5) is 0 Å². The van der Waals surface area contributed by atoms with Gasteiger partial charge < -0.3 is 10.2 Å². The van der Waals surface area contributed by atoms with Crippen molar-refractivity contribution in [3.8, 4) is 0 Å². The Kier molecular flexibility index (Phi) is 17.5. The normalized spacial score (nSPS) is 5.82. The van der Waals surface area contributed by atoms with Crippen LogP contribution < -0.4 is 0 Å². The number of rotatable bonds is 2. The van der Waals surface area contributed by atoms with Gasteiger partial charge in [-0.15, -0.1) is 0 Å². The van der Waals surface area contributed by atoms with Crippen molar-refractivity contribution in [2.24, 2.45) is 0 Å². The minimum absolute atomic E-state index is 0. The Balaban J connectivity index is -0.000000107. The molecule has 5 heteroatoms. The fourth-order valence-electron chi connectivity index (χ4n) is 0. The van der Waals surface area contributed by atoms with Crippen molar-refractivity contribution in [2.45, 2.75) is 0 Å². The molecule has 0 aromatic heterocycles. The first-order valence-electron chi connectivity index (χ1n) is 2.25. The van der Waals surface area contributed by atoms with Crippen molar-refractivity contribution in [3.63, 3.8) is 0 Å². The Morgan fingerprint density at radius 3 is 1.09 bits per heavy atom. The molecule has 0 aliphatic rings. The minimum Gasteiger partial charge on any atom is -0.478 e. The summed E-state index contributed by atoms with van der Waals surface area (Å²) in [6.45, 7) is 5.92. The zero-order valence-electron chi connectivity index (χ0n) is 5.66. The van der Waals surface area contributed by atoms with Gasteiger partial charge in [0.15, 0.2) is 0 Å². The number of carbonyl (C=O) groups is 2. The molecule has 0 unspecified atom stereocenters. The molecule has 0 aliphatic carbocycles. The van der Waals surface area contributed by atoms with Crippen LogP contribution in [0.25, 0.3) is 0 Å². The molecule has 0 atom stereocenters. The number of aliphatic carboxylic acids is 2. The molecular weight excluding hydrogens is 191 g/mol. The quantitative estimate of drug-likeness (QED) is 0.502. The van der Waals surface area contributed by atoms with Crippen LogP contribution in [0.3, 0.4) is 0 Å². The van der Waals surface area contributed by atoms with E-state index in [9.17, 15) is 9.59 Å². The van der Waals surface area contributed by atoms with E-state index < -0.39 is 11.9 Å². The van der Waals surface area contributed by atoms with Gasteiger partial charge >= 0.3 is 11.9 Å². The Morgan fingerprint density at radius 2 is 1.09 bits per heavy atom. The predicted molar refractivity (Wildman–Crippen MR) is 35.7 cm³/mol. The summed E-state index contributed by atoms with van der Waals surface area (Å²) >= 11 is 0. The van der Waals surface area contributed by atoms with Crippen LogP contribution >= 0.6 is 0 Å². The van der Waals surface area contributed by atoms with Gasteiger partial charge in [-0.2, -0.15) is 0 Å². The van der Waals surface area contributed by atoms with E-state index in [4.69, 9.17) is 10.2 Å². The van der Waals surface area contributed by atoms with E-state index >= 15 is 0 Å². The van der Waals surface area contributed by atoms with Crippen LogP contribution in [-0.2, 0) is 26.7 Å². The van der Waals surface area contributed by atoms with Crippen LogP contribution in [0.1, 0.15) is 0 Å². The Labute approximate surface area is 74.7 Å². The fourth-order valence-corrected chi connectivity index (χ4v) is 0. The van der Waals surface area contributed by atoms with Crippen molar-refractivity contribution in [1.82, 2.24) is 0 Å². The molecule has 63 valence electrons. The Hall–Kier alpha value is -1.06. The van der Waals surface area contributed by atoms with Crippen molar-refractivity contribution in [1.29, 1.82) is 0 Å². The van der Waals surface area contributed by atoms with Crippen LogP contribution in [0.2, 0.25) is 0 Å². The molecule has 0 aliphatic heterocycles. The number of carboxylic acid groups (broad SMARTS) is 2. The first-order chi connectivity index (χ1) is 4.54. The summed E-state index contributed by atoms with van der Waals surface area (Å²) in [5.74, 6) is -1.96. The molecule has 0 spiro atoms. The van der Waals surface area contributed by atoms with E-state index in [0.717, 1.165) is 12.2 Å². The zero-order chi connectivity index (χ0) is 8.57. The van der Waals surface area contributed by atoms with Gasteiger partial charge in [0, 0.05) is 29.2 Å². The average molecular weight is 199 g/mol. The van der Waals surface area contributed by atoms with Gasteiger partial charge in [-0.3, -0.25) is 0 Å². The van der Waals surface area contributed by atoms with Gasteiger partial charge in [0.2, 0.25) is 0 Å². The van der Waals surface area contributed by atoms with E-state index in [2.05, 4.69) is 13.2 Å². The summed E-state index contributed by atoms with van der Waals surface area (Å²) in [6.07, 6.45) is 1.67. The smallest absolute Gasteiger partial charge is 0.327 e. The van der Waals surface area contributed by atoms with E-state index in [-0.39, 0.29) is 17.1 Å². The molecule has 0 fully saturated rings. The minimum atomic E-state index is -0.981. The summed E-state index contributed by atoms with van der Waals surface area (Å²) in [5.41, 5.74) is 0. The fraction of sp³-hybridized carbons (Fsp3) is 0. The third-order valence-corrected chi connectivity index (χ3v) is 0.349. The average Bonchev–Trinajstić information content (AvgIpc) is 1.89. The summed E-state index contributed by atoms with van der Waals surface area (Å²) in [4.78, 5) is 18.5. The molecule has 0 rings (SSSR count). The SMILES string of the molecule is C=CC(=O)O.C=CC(=O)O.[Mn]. The maximum Gasteiger partial charge on any atom is 0.327 e. The van der Waals surface area contributed by atoms with Gasteiger partial charge in [-0.1, -0.05) is 13.2 Å². The van der Waals surface area contributed by atoms with Crippen LogP contribution in [0, 0.1) is 0 Å².